The fourth-order valence-electron chi connectivity index (χ4n) is 14.4. The number of rotatable bonds is 31. The third kappa shape index (κ3) is 22.6. The number of likely N-dealkylation sites (N-methyl/N-ethyl adjacent to an activating group) is 1. The van der Waals surface area contributed by atoms with Crippen molar-refractivity contribution in [1.82, 2.24) is 0 Å². The van der Waals surface area contributed by atoms with Crippen molar-refractivity contribution in [3.8, 4) is 0 Å². The maximum atomic E-state index is 11.5. The molecule has 28 heteroatoms. The Kier molecular flexibility index (Phi) is 33.1. The Bertz CT molecular complexity index is 4380. The molecule has 9 rings (SSSR count). The number of carbonyl (C=O) groups is 2. The summed E-state index contributed by atoms with van der Waals surface area (Å²) < 4.78 is 142. The van der Waals surface area contributed by atoms with Crippen LogP contribution in [0.15, 0.2) is 164 Å². The minimum atomic E-state index is -4.42. The van der Waals surface area contributed by atoms with E-state index in [1.807, 2.05) is 138 Å². The number of nitrogens with zero attached hydrogens (tertiary/aromatic N) is 4. The molecule has 0 bridgehead atoms. The van der Waals surface area contributed by atoms with Crippen LogP contribution in [0.4, 0.5) is 28.4 Å². The SMILES string of the molecule is CC1(CCCS(=O)(=O)[O-])C(/C=C/Nc2ccccc2)=[N+](CCCS(=O)(=O)[O-])c2ccccc21.CCN1/C(=C/C=C/C2=[N+](CCCS(=O)(=O)[O-])c3ccccc3C2(C)CCCS(=O)(=O)[O-])C(C)(CCCC(=O)O)c2ccccc21.CC[N+]1=C(C)C(C)(CCCC(=O)O)c2ccccc21.[I-].[Na+].[Na+]. The number of carboxylic acids is 2. The number of fused-ring (bicyclic) bond motifs is 4. The van der Waals surface area contributed by atoms with E-state index in [0.717, 1.165) is 75.9 Å². The van der Waals surface area contributed by atoms with Gasteiger partial charge in [-0.3, -0.25) is 9.59 Å². The van der Waals surface area contributed by atoms with E-state index in [1.165, 1.54) is 17.0 Å². The molecule has 0 radical (unpaired) electrons. The summed E-state index contributed by atoms with van der Waals surface area (Å²) in [6.07, 6.45) is 13.9. The summed E-state index contributed by atoms with van der Waals surface area (Å²) in [5.74, 6) is -3.50. The normalized spacial score (nSPS) is 20.4. The van der Waals surface area contributed by atoms with E-state index in [0.29, 0.717) is 38.8 Å². The van der Waals surface area contributed by atoms with E-state index in [1.54, 1.807) is 6.20 Å². The Morgan fingerprint density at radius 1 is 0.490 bits per heavy atom. The van der Waals surface area contributed by atoms with Crippen molar-refractivity contribution in [1.29, 1.82) is 0 Å². The van der Waals surface area contributed by atoms with Crippen LogP contribution in [-0.2, 0) is 71.7 Å². The molecule has 4 heterocycles. The van der Waals surface area contributed by atoms with Gasteiger partial charge < -0.3 is 62.6 Å². The van der Waals surface area contributed by atoms with Gasteiger partial charge in [0.25, 0.3) is 0 Å². The molecule has 0 aliphatic carbocycles. The minimum absolute atomic E-state index is 0. The maximum absolute atomic E-state index is 11.5. The van der Waals surface area contributed by atoms with Gasteiger partial charge in [0.15, 0.2) is 17.1 Å². The van der Waals surface area contributed by atoms with Crippen molar-refractivity contribution in [3.63, 3.8) is 0 Å². The van der Waals surface area contributed by atoms with E-state index >= 15 is 0 Å². The van der Waals surface area contributed by atoms with Crippen molar-refractivity contribution in [2.45, 2.75) is 147 Å². The Morgan fingerprint density at radius 2 is 0.860 bits per heavy atom. The molecule has 0 saturated heterocycles. The van der Waals surface area contributed by atoms with Gasteiger partial charge in [-0.25, -0.2) is 33.7 Å². The van der Waals surface area contributed by atoms with Crippen LogP contribution in [0.1, 0.15) is 148 Å². The van der Waals surface area contributed by atoms with Crippen LogP contribution in [0.3, 0.4) is 0 Å². The molecule has 0 saturated carbocycles. The number of aliphatic carboxylic acids is 2. The van der Waals surface area contributed by atoms with E-state index in [9.17, 15) is 66.6 Å². The molecule has 4 aliphatic heterocycles. The molecule has 0 spiro atoms. The number of para-hydroxylation sites is 5. The van der Waals surface area contributed by atoms with Gasteiger partial charge in [0.1, 0.15) is 19.6 Å². The molecular formula is C72H90IN5Na2O16S4. The van der Waals surface area contributed by atoms with E-state index < -0.39 is 91.7 Å². The van der Waals surface area contributed by atoms with Gasteiger partial charge in [0, 0.05) is 138 Å². The molecule has 4 atom stereocenters. The van der Waals surface area contributed by atoms with E-state index in [2.05, 4.69) is 85.8 Å². The first-order chi connectivity index (χ1) is 45.6. The fraction of sp³-hybridized carbons (Fsp3) is 0.431. The average molecular weight is 1580 g/mol. The smallest absolute Gasteiger partial charge is 1.00 e. The molecule has 21 nitrogen and oxygen atoms in total. The summed E-state index contributed by atoms with van der Waals surface area (Å²) in [6, 6.07) is 41.3. The van der Waals surface area contributed by atoms with Crippen LogP contribution in [0.25, 0.3) is 0 Å². The molecule has 4 aliphatic rings. The van der Waals surface area contributed by atoms with Gasteiger partial charge in [-0.05, 0) is 123 Å². The molecule has 4 unspecified atom stereocenters. The zero-order valence-electron chi connectivity index (χ0n) is 58.6. The van der Waals surface area contributed by atoms with Crippen LogP contribution < -0.4 is 93.3 Å². The van der Waals surface area contributed by atoms with Crippen molar-refractivity contribution < 1.29 is 169 Å². The molecule has 0 fully saturated rings. The van der Waals surface area contributed by atoms with Gasteiger partial charge in [0.05, 0.1) is 56.7 Å². The van der Waals surface area contributed by atoms with Crippen LogP contribution in [0.2, 0.25) is 0 Å². The predicted octanol–water partition coefficient (Wildman–Crippen LogP) is 2.08. The third-order valence-electron chi connectivity index (χ3n) is 19.2. The third-order valence-corrected chi connectivity index (χ3v) is 22.3. The molecule has 5 aromatic rings. The molecule has 3 N–H and O–H groups in total. The zero-order chi connectivity index (χ0) is 71.2. The number of hydrogen-bond donors (Lipinski definition) is 3. The maximum Gasteiger partial charge on any atom is 1.00 e. The average Bonchev–Trinajstić information content (AvgIpc) is 1.60. The van der Waals surface area contributed by atoms with Crippen molar-refractivity contribution in [2.24, 2.45) is 0 Å². The second kappa shape index (κ2) is 37.8. The van der Waals surface area contributed by atoms with Gasteiger partial charge >= 0.3 is 71.1 Å². The number of halogens is 1. The Morgan fingerprint density at radius 3 is 1.29 bits per heavy atom. The van der Waals surface area contributed by atoms with Crippen LogP contribution >= 0.6 is 0 Å². The van der Waals surface area contributed by atoms with Crippen LogP contribution in [0, 0.1) is 0 Å². The monoisotopic (exact) mass is 1580 g/mol. The summed E-state index contributed by atoms with van der Waals surface area (Å²) in [6.45, 7) is 16.9. The number of allylic oxidation sites excluding steroid dienone is 5. The van der Waals surface area contributed by atoms with Crippen molar-refractivity contribution in [3.05, 3.63) is 186 Å². The van der Waals surface area contributed by atoms with Gasteiger partial charge in [-0.1, -0.05) is 97.1 Å². The second-order valence-electron chi connectivity index (χ2n) is 25.8. The summed E-state index contributed by atoms with van der Waals surface area (Å²) in [5.41, 5.74) is 11.5. The Hall–Kier alpha value is -4.76. The quantitative estimate of drug-likeness (QED) is 0.0247. The van der Waals surface area contributed by atoms with Gasteiger partial charge in [-0.2, -0.15) is 13.7 Å². The topological polar surface area (TPSA) is 328 Å². The number of benzene rings is 5. The predicted molar refractivity (Wildman–Crippen MR) is 374 cm³/mol. The molecule has 100 heavy (non-hydrogen) atoms. The molecule has 532 valence electrons. The first-order valence-electron chi connectivity index (χ1n) is 32.7. The van der Waals surface area contributed by atoms with E-state index in [4.69, 9.17) is 5.11 Å². The van der Waals surface area contributed by atoms with Crippen molar-refractivity contribution >= 4 is 98.0 Å². The summed E-state index contributed by atoms with van der Waals surface area (Å²) in [5, 5.41) is 21.3. The van der Waals surface area contributed by atoms with Crippen LogP contribution in [0.5, 0.6) is 0 Å². The van der Waals surface area contributed by atoms with Gasteiger partial charge in [0.2, 0.25) is 17.1 Å². The first kappa shape index (κ1) is 87.6. The number of carboxylic acid groups (broad SMARTS) is 2. The molecular weight excluding hydrogens is 1490 g/mol. The fourth-order valence-corrected chi connectivity index (χ4v) is 16.4. The minimum Gasteiger partial charge on any atom is -1.00 e. The Balaban J connectivity index is 0.000000338. The van der Waals surface area contributed by atoms with Gasteiger partial charge in [-0.15, -0.1) is 0 Å². The summed E-state index contributed by atoms with van der Waals surface area (Å²) >= 11 is 0. The largest absolute Gasteiger partial charge is 1.00 e. The van der Waals surface area contributed by atoms with Crippen LogP contribution in [-0.4, -0.2) is 154 Å². The zero-order valence-corrected chi connectivity index (χ0v) is 68.0. The number of anilines is 2. The van der Waals surface area contributed by atoms with Crippen molar-refractivity contribution in [2.75, 3.05) is 59.4 Å². The van der Waals surface area contributed by atoms with E-state index in [-0.39, 0.29) is 134 Å². The number of hydrogen-bond acceptors (Lipinski definition) is 16. The number of nitrogens with one attached hydrogen (secondary N) is 1. The standard InChI is InChI=1S/C33H42N2O8S2.C23H28N2O6S2.C16H21NO2.HI.2Na/c1-4-34-27-15-7-5-13-25(27)32(2,20-10-19-31(36)37)29(34)17-9-18-30-33(3,21-11-23-44(38,39)40)26-14-6-8-16-28(26)35(30)22-12-24-45(41,42)43;1-23(14-7-17-32(26,27)28)20-11-5-6-12-21(20)25(16-8-18-33(29,30)31)22(23)13-15-24-19-9-3-2-4-10-19;1-4-17-12(2)16(3,11-7-10-15(18)19)13-8-5-6-9-14(13)17;;;/h5-9,13-18H,4,10-12,19-24H2,1-3H3,(H2-,36,37,38,39,40,41,42,43);2-6,9-13,15H,7-8,14,16-18H2,1H3,(H2,26,27,28,29,30,31);5-6,8-9H,4,7,10-11H2,1-3H3;1H;;/q;;;;2*+1/p-2. The Labute approximate surface area is 652 Å². The summed E-state index contributed by atoms with van der Waals surface area (Å²) in [7, 11) is -17.5. The summed E-state index contributed by atoms with van der Waals surface area (Å²) in [4.78, 5) is 24.3. The molecule has 0 amide bonds. The molecule has 0 aromatic heterocycles. The second-order valence-corrected chi connectivity index (χ2v) is 31.8. The molecule has 5 aromatic carbocycles. The first-order valence-corrected chi connectivity index (χ1v) is 39.0.